The molecule has 0 aromatic carbocycles. The molecule has 8 N–H and O–H groups in total. The molecule has 0 aliphatic heterocycles. The van der Waals surface area contributed by atoms with E-state index in [4.69, 9.17) is 0 Å². The van der Waals surface area contributed by atoms with Gasteiger partial charge in [-0.3, -0.25) is 50.5 Å². The monoisotopic (exact) mass is 1370 g/mol. The SMILES string of the molecule is CCCCCCCCCCCCCCCCCC.CCCCCCCCCCCCCCCCCC.O=S(=O)([C-](S(=O)(=O)C(F)(F)F)S(=O)(=O)C(F)(F)F)C(F)(F)F.O=S(=O)([C-](S(=O)(=O)C(F)(F)F)S(=O)(=O)C(F)(F)F)C(F)(F)F.[NH4+].[NH4+]. The summed E-state index contributed by atoms with van der Waals surface area (Å²) < 4.78 is 335. The number of rotatable bonds is 36. The third kappa shape index (κ3) is 33.5. The van der Waals surface area contributed by atoms with Gasteiger partial charge in [-0.2, -0.15) is 79.0 Å². The number of alkyl halides is 18. The Labute approximate surface area is 472 Å². The van der Waals surface area contributed by atoms with Gasteiger partial charge in [0.1, 0.15) is 0 Å². The Balaban J connectivity index is -0.000000234. The van der Waals surface area contributed by atoms with E-state index in [-0.39, 0.29) is 12.3 Å². The smallest absolute Gasteiger partial charge is 0.369 e. The number of sulfone groups is 6. The van der Waals surface area contributed by atoms with Crippen LogP contribution in [0.25, 0.3) is 0 Å². The standard InChI is InChI=1S/2C18H38.2C4F9O6S3.2H3N/c2*1-3-5-7-9-11-13-15-17-18-16-14-12-10-8-6-4-2;2*5-2(6,7)20(14,15)1(21(16,17)3(8,9)10)22(18,19)4(11,12)13;;/h2*3-18H2,1-2H3;;;2*1H3/q;;2*-1;;/p+2. The fourth-order valence-electron chi connectivity index (χ4n) is 6.68. The Morgan fingerprint density at radius 2 is 0.268 bits per heavy atom. The molecule has 38 heteroatoms. The molecule has 0 amide bonds. The molecule has 0 atom stereocenters. The predicted molar refractivity (Wildman–Crippen MR) is 279 cm³/mol. The van der Waals surface area contributed by atoms with Gasteiger partial charge >= 0.3 is 33.0 Å². The first-order valence-electron chi connectivity index (χ1n) is 25.7. The molecule has 0 bridgehead atoms. The molecule has 0 radical (unpaired) electrons. The van der Waals surface area contributed by atoms with E-state index in [1.54, 1.807) is 0 Å². The zero-order chi connectivity index (χ0) is 63.8. The summed E-state index contributed by atoms with van der Waals surface area (Å²) in [6.45, 7) is 9.18. The van der Waals surface area contributed by atoms with Gasteiger partial charge in [-0.15, -0.1) is 0 Å². The van der Waals surface area contributed by atoms with E-state index in [1.165, 1.54) is 205 Å². The molecule has 0 rings (SSSR count). The minimum absolute atomic E-state index is 0. The van der Waals surface area contributed by atoms with Gasteiger partial charge in [0.05, 0.1) is 7.83 Å². The zero-order valence-corrected chi connectivity index (χ0v) is 51.7. The highest BCUT2D eigenvalue weighted by Crippen LogP contribution is 2.49. The average Bonchev–Trinajstić information content (AvgIpc) is 3.27. The highest BCUT2D eigenvalue weighted by molar-refractivity contribution is 8.30. The predicted octanol–water partition coefficient (Wildman–Crippen LogP) is 17.8. The number of halogens is 18. The molecular weight excluding hydrogens is 1280 g/mol. The zero-order valence-electron chi connectivity index (χ0n) is 46.8. The molecule has 82 heavy (non-hydrogen) atoms. The summed E-state index contributed by atoms with van der Waals surface area (Å²) in [5.41, 5.74) is -42.3. The molecule has 0 heterocycles. The Kier molecular flexibility index (Phi) is 46.3. The second-order valence-corrected chi connectivity index (χ2v) is 30.9. The summed E-state index contributed by atoms with van der Waals surface area (Å²) in [5, 5.41) is 0. The van der Waals surface area contributed by atoms with Crippen molar-refractivity contribution in [2.45, 2.75) is 266 Å². The quantitative estimate of drug-likeness (QED) is 0.0337. The third-order valence-electron chi connectivity index (χ3n) is 11.1. The fraction of sp³-hybridized carbons (Fsp3) is 0.955. The van der Waals surface area contributed by atoms with Crippen molar-refractivity contribution in [1.82, 2.24) is 12.3 Å². The van der Waals surface area contributed by atoms with Crippen molar-refractivity contribution in [3.05, 3.63) is 7.83 Å². The van der Waals surface area contributed by atoms with Crippen LogP contribution < -0.4 is 12.3 Å². The molecule has 0 aliphatic carbocycles. The Hall–Kier alpha value is -1.64. The summed E-state index contributed by atoms with van der Waals surface area (Å²) in [7, 11) is -48.1. The fourth-order valence-corrected chi connectivity index (χ4v) is 18.1. The van der Waals surface area contributed by atoms with E-state index in [9.17, 15) is 130 Å². The van der Waals surface area contributed by atoms with E-state index in [2.05, 4.69) is 27.7 Å². The van der Waals surface area contributed by atoms with Crippen LogP contribution in [0.2, 0.25) is 0 Å². The molecule has 0 saturated carbocycles. The molecular formula is C44H84F18N2O12S6. The Morgan fingerprint density at radius 3 is 0.329 bits per heavy atom. The lowest BCUT2D eigenvalue weighted by Gasteiger charge is -2.31. The average molecular weight is 1370 g/mol. The van der Waals surface area contributed by atoms with Crippen LogP contribution in [-0.4, -0.2) is 83.6 Å². The minimum Gasteiger partial charge on any atom is -0.369 e. The third-order valence-corrected chi connectivity index (χ3v) is 25.2. The van der Waals surface area contributed by atoms with Crippen molar-refractivity contribution in [2.24, 2.45) is 0 Å². The van der Waals surface area contributed by atoms with Crippen LogP contribution in [0.1, 0.15) is 233 Å². The van der Waals surface area contributed by atoms with E-state index in [0.29, 0.717) is 0 Å². The molecule has 0 aromatic rings. The van der Waals surface area contributed by atoms with Gasteiger partial charge < -0.3 is 12.3 Å². The van der Waals surface area contributed by atoms with Crippen LogP contribution in [0.4, 0.5) is 79.0 Å². The lowest BCUT2D eigenvalue weighted by molar-refractivity contribution is -0.0488. The lowest BCUT2D eigenvalue weighted by atomic mass is 10.0. The van der Waals surface area contributed by atoms with Crippen molar-refractivity contribution in [2.75, 3.05) is 0 Å². The van der Waals surface area contributed by atoms with Crippen LogP contribution in [0.5, 0.6) is 0 Å². The summed E-state index contributed by atoms with van der Waals surface area (Å²) in [5.74, 6) is 0. The van der Waals surface area contributed by atoms with Crippen molar-refractivity contribution in [3.63, 3.8) is 0 Å². The van der Waals surface area contributed by atoms with Crippen LogP contribution >= 0.6 is 0 Å². The maximum absolute atomic E-state index is 12.0. The minimum atomic E-state index is -8.02. The van der Waals surface area contributed by atoms with Gasteiger partial charge in [0, 0.05) is 0 Å². The first kappa shape index (κ1) is 91.5. The number of hydrogen-bond acceptors (Lipinski definition) is 12. The number of quaternary nitrogens is 2. The highest BCUT2D eigenvalue weighted by Gasteiger charge is 2.65. The summed E-state index contributed by atoms with van der Waals surface area (Å²) in [6.07, 6.45) is 46.8. The van der Waals surface area contributed by atoms with Crippen LogP contribution in [-0.2, 0) is 59.0 Å². The van der Waals surface area contributed by atoms with E-state index in [1.807, 2.05) is 0 Å². The molecule has 0 saturated heterocycles. The first-order chi connectivity index (χ1) is 36.1. The van der Waals surface area contributed by atoms with Gasteiger partial charge in [0.25, 0.3) is 0 Å². The van der Waals surface area contributed by atoms with E-state index >= 15 is 0 Å². The molecule has 0 unspecified atom stereocenters. The van der Waals surface area contributed by atoms with Gasteiger partial charge in [0.2, 0.25) is 0 Å². The summed E-state index contributed by atoms with van der Waals surface area (Å²) in [6, 6.07) is 0. The molecule has 504 valence electrons. The first-order valence-corrected chi connectivity index (χ1v) is 34.6. The lowest BCUT2D eigenvalue weighted by Crippen LogP contribution is -2.47. The van der Waals surface area contributed by atoms with Crippen LogP contribution in [0.3, 0.4) is 0 Å². The number of unbranched alkanes of at least 4 members (excludes halogenated alkanes) is 30. The Morgan fingerprint density at radius 1 is 0.195 bits per heavy atom. The molecule has 14 nitrogen and oxygen atoms in total. The molecule has 0 aromatic heterocycles. The van der Waals surface area contributed by atoms with Crippen molar-refractivity contribution in [3.8, 4) is 0 Å². The van der Waals surface area contributed by atoms with Crippen molar-refractivity contribution in [1.29, 1.82) is 0 Å². The van der Waals surface area contributed by atoms with Crippen molar-refractivity contribution >= 4 is 59.0 Å². The topological polar surface area (TPSA) is 278 Å². The Bertz CT molecular complexity index is 1940. The molecule has 0 spiro atoms. The van der Waals surface area contributed by atoms with Gasteiger partial charge in [0.15, 0.2) is 59.0 Å². The van der Waals surface area contributed by atoms with Gasteiger partial charge in [-0.05, 0) is 0 Å². The van der Waals surface area contributed by atoms with Crippen molar-refractivity contribution < 1.29 is 130 Å². The van der Waals surface area contributed by atoms with Gasteiger partial charge in [-0.1, -0.05) is 233 Å². The van der Waals surface area contributed by atoms with E-state index < -0.39 is 99.9 Å². The van der Waals surface area contributed by atoms with Crippen LogP contribution in [0.15, 0.2) is 0 Å². The summed E-state index contributed by atoms with van der Waals surface area (Å²) >= 11 is 0. The maximum atomic E-state index is 12.0. The summed E-state index contributed by atoms with van der Waals surface area (Å²) in [4.78, 5) is 0. The molecule has 0 fully saturated rings. The van der Waals surface area contributed by atoms with Crippen LogP contribution in [0, 0.1) is 7.83 Å². The largest absolute Gasteiger partial charge is 0.470 e. The number of hydrogen-bond donors (Lipinski definition) is 2. The van der Waals surface area contributed by atoms with E-state index in [0.717, 1.165) is 0 Å². The molecule has 0 aliphatic rings. The second-order valence-electron chi connectivity index (χ2n) is 18.1. The highest BCUT2D eigenvalue weighted by atomic mass is 32.3. The maximum Gasteiger partial charge on any atom is 0.470 e. The second kappa shape index (κ2) is 41.5. The normalized spacial score (nSPS) is 13.5. The van der Waals surface area contributed by atoms with Gasteiger partial charge in [-0.25, -0.2) is 0 Å².